The van der Waals surface area contributed by atoms with Gasteiger partial charge >= 0.3 is 0 Å². The van der Waals surface area contributed by atoms with Crippen molar-refractivity contribution in [2.75, 3.05) is 0 Å². The van der Waals surface area contributed by atoms with Crippen molar-refractivity contribution in [3.63, 3.8) is 0 Å². The second-order valence-corrected chi connectivity index (χ2v) is 16.0. The summed E-state index contributed by atoms with van der Waals surface area (Å²) in [5.74, 6) is 0.625. The highest BCUT2D eigenvalue weighted by Gasteiger charge is 2.24. The average Bonchev–Trinajstić information content (AvgIpc) is 3.61. The predicted molar refractivity (Wildman–Crippen MR) is 231 cm³/mol. The molecule has 0 unspecified atom stereocenters. The summed E-state index contributed by atoms with van der Waals surface area (Å²) in [6.45, 7) is 0. The molecule has 9 aromatic carbocycles. The van der Waals surface area contributed by atoms with E-state index in [9.17, 15) is 0 Å². The maximum Gasteiger partial charge on any atom is 0.0434 e. The lowest BCUT2D eigenvalue weighted by Gasteiger charge is -2.26. The maximum absolute atomic E-state index is 2.47. The minimum Gasteiger partial charge on any atom is -0.135 e. The van der Waals surface area contributed by atoms with Gasteiger partial charge in [0.05, 0.1) is 0 Å². The zero-order valence-corrected chi connectivity index (χ0v) is 30.4. The lowest BCUT2D eigenvalue weighted by atomic mass is 9.78. The molecule has 0 spiro atoms. The van der Waals surface area contributed by atoms with Crippen LogP contribution in [-0.2, 0) is 0 Å². The van der Waals surface area contributed by atoms with Crippen LogP contribution in [0.1, 0.15) is 43.6 Å². The van der Waals surface area contributed by atoms with Crippen molar-refractivity contribution in [1.82, 2.24) is 0 Å². The van der Waals surface area contributed by atoms with Gasteiger partial charge in [-0.25, -0.2) is 0 Å². The van der Waals surface area contributed by atoms with Crippen LogP contribution >= 0.6 is 11.3 Å². The molecule has 53 heavy (non-hydrogen) atoms. The van der Waals surface area contributed by atoms with E-state index in [4.69, 9.17) is 0 Å². The fraction of sp³-hybridized carbons (Fsp3) is 0.115. The Kier molecular flexibility index (Phi) is 7.23. The van der Waals surface area contributed by atoms with Gasteiger partial charge in [0.25, 0.3) is 0 Å². The van der Waals surface area contributed by atoms with Crippen LogP contribution < -0.4 is 0 Å². The summed E-state index contributed by atoms with van der Waals surface area (Å²) in [5.41, 5.74) is 9.43. The molecule has 0 bridgehead atoms. The minimum absolute atomic E-state index is 0.625. The molecule has 0 radical (unpaired) electrons. The van der Waals surface area contributed by atoms with E-state index in [0.717, 1.165) is 0 Å². The summed E-state index contributed by atoms with van der Waals surface area (Å²) in [7, 11) is 0. The largest absolute Gasteiger partial charge is 0.135 e. The second-order valence-electron chi connectivity index (χ2n) is 14.9. The lowest BCUT2D eigenvalue weighted by Crippen LogP contribution is -2.06. The maximum atomic E-state index is 2.47. The van der Waals surface area contributed by atoms with Crippen LogP contribution in [-0.4, -0.2) is 0 Å². The average molecular weight is 695 g/mol. The van der Waals surface area contributed by atoms with Crippen molar-refractivity contribution in [2.45, 2.75) is 38.0 Å². The molecule has 1 aliphatic rings. The molecule has 252 valence electrons. The third-order valence-corrected chi connectivity index (χ3v) is 13.3. The third-order valence-electron chi connectivity index (χ3n) is 12.0. The topological polar surface area (TPSA) is 0 Å². The molecule has 1 aromatic heterocycles. The van der Waals surface area contributed by atoms with Gasteiger partial charge in [-0.05, 0) is 107 Å². The highest BCUT2D eigenvalue weighted by Crippen LogP contribution is 2.50. The molecule has 0 N–H and O–H groups in total. The van der Waals surface area contributed by atoms with Crippen LogP contribution in [0.15, 0.2) is 164 Å². The van der Waals surface area contributed by atoms with E-state index in [1.165, 1.54) is 129 Å². The molecule has 0 saturated heterocycles. The molecule has 1 heteroatoms. The normalized spacial score (nSPS) is 14.0. The van der Waals surface area contributed by atoms with Crippen molar-refractivity contribution in [1.29, 1.82) is 0 Å². The molecule has 0 atom stereocenters. The quantitative estimate of drug-likeness (QED) is 0.161. The Morgan fingerprint density at radius 1 is 0.358 bits per heavy atom. The Bertz CT molecular complexity index is 2920. The van der Waals surface area contributed by atoms with E-state index in [1.807, 2.05) is 11.3 Å². The van der Waals surface area contributed by atoms with Crippen LogP contribution in [0.2, 0.25) is 0 Å². The van der Waals surface area contributed by atoms with Gasteiger partial charge in [0.2, 0.25) is 0 Å². The molecule has 0 amide bonds. The van der Waals surface area contributed by atoms with Crippen LogP contribution in [0, 0.1) is 0 Å². The number of hydrogen-bond acceptors (Lipinski definition) is 1. The van der Waals surface area contributed by atoms with Gasteiger partial charge in [-0.3, -0.25) is 0 Å². The summed E-state index contributed by atoms with van der Waals surface area (Å²) < 4.78 is 2.70. The number of fused-ring (bicyclic) bond motifs is 7. The van der Waals surface area contributed by atoms with E-state index in [0.29, 0.717) is 5.92 Å². The predicted octanol–water partition coefficient (Wildman–Crippen LogP) is 15.7. The Labute approximate surface area is 314 Å². The molecule has 10 aromatic rings. The van der Waals surface area contributed by atoms with Gasteiger partial charge < -0.3 is 0 Å². The van der Waals surface area contributed by atoms with Crippen LogP contribution in [0.5, 0.6) is 0 Å². The summed E-state index contributed by atoms with van der Waals surface area (Å²) in [6, 6.07) is 61.5. The Morgan fingerprint density at radius 2 is 0.849 bits per heavy atom. The fourth-order valence-electron chi connectivity index (χ4n) is 9.79. The zero-order valence-electron chi connectivity index (χ0n) is 29.6. The Morgan fingerprint density at radius 3 is 1.43 bits per heavy atom. The standard InChI is InChI=1S/C52H38S/c1-3-16-33(17-4-1)48-36-20-7-9-22-38(36)50(39-23-10-8-21-37(39)48)35-30-31-47-46(32-35)44-28-15-29-45(52(44)53-47)51-42-26-13-11-24-40(42)49(34-18-5-2-6-19-34)41-25-12-14-27-43(41)51/h1,3-4,7-17,20-32,34H,2,5-6,18-19H2. The summed E-state index contributed by atoms with van der Waals surface area (Å²) in [5, 5.41) is 13.5. The molecule has 0 aliphatic heterocycles. The SMILES string of the molecule is c1ccc(-c2c3ccccc3c(-c3ccc4sc5c(-c6c7ccccc7c(C7CCCCC7)c7ccccc67)cccc5c4c3)c3ccccc23)cc1. The van der Waals surface area contributed by atoms with E-state index in [1.54, 1.807) is 5.56 Å². The molecule has 1 saturated carbocycles. The highest BCUT2D eigenvalue weighted by atomic mass is 32.1. The first-order valence-corrected chi connectivity index (χ1v) is 20.0. The number of rotatable bonds is 4. The number of hydrogen-bond donors (Lipinski definition) is 0. The lowest BCUT2D eigenvalue weighted by molar-refractivity contribution is 0.447. The molecule has 11 rings (SSSR count). The van der Waals surface area contributed by atoms with Crippen molar-refractivity contribution in [2.24, 2.45) is 0 Å². The minimum atomic E-state index is 0.625. The smallest absolute Gasteiger partial charge is 0.0434 e. The van der Waals surface area contributed by atoms with Crippen LogP contribution in [0.4, 0.5) is 0 Å². The van der Waals surface area contributed by atoms with E-state index >= 15 is 0 Å². The fourth-order valence-corrected chi connectivity index (χ4v) is 11.0. The molecule has 0 nitrogen and oxygen atoms in total. The van der Waals surface area contributed by atoms with E-state index < -0.39 is 0 Å². The van der Waals surface area contributed by atoms with Gasteiger partial charge in [0.1, 0.15) is 0 Å². The van der Waals surface area contributed by atoms with Crippen molar-refractivity contribution in [3.8, 4) is 33.4 Å². The molecular weight excluding hydrogens is 657 g/mol. The van der Waals surface area contributed by atoms with Crippen LogP contribution in [0.3, 0.4) is 0 Å². The highest BCUT2D eigenvalue weighted by molar-refractivity contribution is 7.26. The van der Waals surface area contributed by atoms with Crippen molar-refractivity contribution in [3.05, 3.63) is 169 Å². The van der Waals surface area contributed by atoms with Crippen molar-refractivity contribution < 1.29 is 0 Å². The number of benzene rings is 9. The van der Waals surface area contributed by atoms with Gasteiger partial charge in [-0.2, -0.15) is 0 Å². The first kappa shape index (κ1) is 30.8. The first-order valence-electron chi connectivity index (χ1n) is 19.2. The van der Waals surface area contributed by atoms with E-state index in [-0.39, 0.29) is 0 Å². The zero-order chi connectivity index (χ0) is 34.9. The Hall–Kier alpha value is -5.76. The molecule has 1 heterocycles. The molecular formula is C52H38S. The van der Waals surface area contributed by atoms with Crippen LogP contribution in [0.25, 0.3) is 96.6 Å². The Balaban J connectivity index is 1.16. The molecule has 1 fully saturated rings. The second kappa shape index (κ2) is 12.4. The summed E-state index contributed by atoms with van der Waals surface area (Å²) >= 11 is 1.94. The molecule has 1 aliphatic carbocycles. The van der Waals surface area contributed by atoms with Gasteiger partial charge in [-0.15, -0.1) is 11.3 Å². The third kappa shape index (κ3) is 4.80. The van der Waals surface area contributed by atoms with Crippen molar-refractivity contribution >= 4 is 74.6 Å². The summed E-state index contributed by atoms with van der Waals surface area (Å²) in [4.78, 5) is 0. The van der Waals surface area contributed by atoms with Gasteiger partial charge in [-0.1, -0.05) is 171 Å². The van der Waals surface area contributed by atoms with Gasteiger partial charge in [0.15, 0.2) is 0 Å². The number of thiophene rings is 1. The van der Waals surface area contributed by atoms with Gasteiger partial charge in [0, 0.05) is 25.7 Å². The van der Waals surface area contributed by atoms with E-state index in [2.05, 4.69) is 164 Å². The monoisotopic (exact) mass is 694 g/mol. The summed E-state index contributed by atoms with van der Waals surface area (Å²) in [6.07, 6.45) is 6.62. The first-order chi connectivity index (χ1) is 26.3.